The predicted octanol–water partition coefficient (Wildman–Crippen LogP) is -1.26. The second-order valence-electron chi connectivity index (χ2n) is 3.79. The molecule has 0 aromatic carbocycles. The van der Waals surface area contributed by atoms with E-state index in [9.17, 15) is 16.8 Å². The van der Waals surface area contributed by atoms with Crippen LogP contribution >= 0.6 is 0 Å². The molecule has 0 amide bonds. The van der Waals surface area contributed by atoms with Crippen LogP contribution in [0.1, 0.15) is 12.8 Å². The Bertz CT molecular complexity index is 410. The summed E-state index contributed by atoms with van der Waals surface area (Å²) in [6.07, 6.45) is 2.50. The highest BCUT2D eigenvalue weighted by atomic mass is 32.3. The topological polar surface area (TPSA) is 97.5 Å². The summed E-state index contributed by atoms with van der Waals surface area (Å²) in [4.78, 5) is 0. The maximum atomic E-state index is 11.7. The number of rotatable bonds is 6. The summed E-state index contributed by atoms with van der Waals surface area (Å²) in [5, 5.41) is -0.823. The molecule has 6 nitrogen and oxygen atoms in total. The molecule has 0 aromatic heterocycles. The van der Waals surface area contributed by atoms with Gasteiger partial charge < -0.3 is 5.73 Å². The first-order valence-corrected chi connectivity index (χ1v) is 8.30. The summed E-state index contributed by atoms with van der Waals surface area (Å²) in [6, 6.07) is -0.0414. The van der Waals surface area contributed by atoms with Gasteiger partial charge in [0.2, 0.25) is 10.0 Å². The fourth-order valence-electron chi connectivity index (χ4n) is 1.38. The highest BCUT2D eigenvalue weighted by molar-refractivity contribution is 8.06. The second-order valence-corrected chi connectivity index (χ2v) is 8.21. The van der Waals surface area contributed by atoms with Crippen molar-refractivity contribution in [2.24, 2.45) is 5.73 Å². The smallest absolute Gasteiger partial charge is 0.228 e. The molecule has 0 heterocycles. The van der Waals surface area contributed by atoms with E-state index < -0.39 is 24.9 Å². The molecule has 0 aliphatic heterocycles. The summed E-state index contributed by atoms with van der Waals surface area (Å²) in [6.45, 7) is 0.405. The SMILES string of the molecule is CS(=O)(=O)CS(=O)(=O)N(CCN)C1CC1. The molecule has 1 aliphatic rings. The Balaban J connectivity index is 2.81. The van der Waals surface area contributed by atoms with Crippen molar-refractivity contribution in [3.05, 3.63) is 0 Å². The van der Waals surface area contributed by atoms with Gasteiger partial charge in [0, 0.05) is 25.4 Å². The minimum absolute atomic E-state index is 0.0414. The van der Waals surface area contributed by atoms with Gasteiger partial charge in [0.05, 0.1) is 0 Å². The molecule has 0 saturated heterocycles. The van der Waals surface area contributed by atoms with Gasteiger partial charge >= 0.3 is 0 Å². The normalized spacial score (nSPS) is 18.3. The van der Waals surface area contributed by atoms with Gasteiger partial charge in [-0.2, -0.15) is 4.31 Å². The van der Waals surface area contributed by atoms with Crippen LogP contribution in [0, 0.1) is 0 Å². The fourth-order valence-corrected chi connectivity index (χ4v) is 5.13. The van der Waals surface area contributed by atoms with E-state index in [2.05, 4.69) is 0 Å². The second kappa shape index (κ2) is 4.36. The van der Waals surface area contributed by atoms with Gasteiger partial charge in [-0.1, -0.05) is 0 Å². The summed E-state index contributed by atoms with van der Waals surface area (Å²) < 4.78 is 46.6. The number of nitrogens with zero attached hydrogens (tertiary/aromatic N) is 1. The van der Waals surface area contributed by atoms with Crippen molar-refractivity contribution in [1.29, 1.82) is 0 Å². The summed E-state index contributed by atoms with van der Waals surface area (Å²) in [5.41, 5.74) is 5.30. The molecule has 0 radical (unpaired) electrons. The minimum Gasteiger partial charge on any atom is -0.329 e. The van der Waals surface area contributed by atoms with Crippen LogP contribution in [0.4, 0.5) is 0 Å². The molecule has 0 aromatic rings. The fraction of sp³-hybridized carbons (Fsp3) is 1.00. The molecule has 0 atom stereocenters. The standard InChI is InChI=1S/C7H16N2O4S2/c1-14(10,11)6-15(12,13)9(5-4-8)7-2-3-7/h7H,2-6,8H2,1H3. The molecular weight excluding hydrogens is 240 g/mol. The zero-order chi connectivity index (χ0) is 11.7. The number of hydrogen-bond donors (Lipinski definition) is 1. The lowest BCUT2D eigenvalue weighted by Crippen LogP contribution is -2.40. The van der Waals surface area contributed by atoms with E-state index in [0.29, 0.717) is 0 Å². The van der Waals surface area contributed by atoms with Gasteiger partial charge in [0.1, 0.15) is 0 Å². The molecular formula is C7H16N2O4S2. The van der Waals surface area contributed by atoms with Gasteiger partial charge in [-0.15, -0.1) is 0 Å². The lowest BCUT2D eigenvalue weighted by molar-refractivity contribution is 0.414. The van der Waals surface area contributed by atoms with E-state index in [1.807, 2.05) is 0 Å². The molecule has 0 bridgehead atoms. The van der Waals surface area contributed by atoms with Crippen molar-refractivity contribution in [2.75, 3.05) is 24.4 Å². The third kappa shape index (κ3) is 4.06. The maximum Gasteiger partial charge on any atom is 0.228 e. The van der Waals surface area contributed by atoms with Gasteiger partial charge in [-0.05, 0) is 12.8 Å². The Kier molecular flexibility index (Phi) is 3.75. The van der Waals surface area contributed by atoms with E-state index in [1.165, 1.54) is 4.31 Å². The number of nitrogens with two attached hydrogens (primary N) is 1. The van der Waals surface area contributed by atoms with Crippen LogP contribution < -0.4 is 5.73 Å². The lowest BCUT2D eigenvalue weighted by Gasteiger charge is -2.20. The average Bonchev–Trinajstić information content (AvgIpc) is 2.77. The molecule has 8 heteroatoms. The number of sulfonamides is 1. The lowest BCUT2D eigenvalue weighted by atomic mass is 10.6. The Morgan fingerprint density at radius 1 is 1.27 bits per heavy atom. The van der Waals surface area contributed by atoms with Gasteiger partial charge in [-0.3, -0.25) is 0 Å². The van der Waals surface area contributed by atoms with Crippen molar-refractivity contribution < 1.29 is 16.8 Å². The van der Waals surface area contributed by atoms with E-state index >= 15 is 0 Å². The van der Waals surface area contributed by atoms with Crippen LogP contribution in [0.3, 0.4) is 0 Å². The van der Waals surface area contributed by atoms with Crippen LogP contribution in [0.25, 0.3) is 0 Å². The van der Waals surface area contributed by atoms with Crippen LogP contribution in [-0.4, -0.2) is 51.6 Å². The van der Waals surface area contributed by atoms with Gasteiger partial charge in [0.25, 0.3) is 0 Å². The molecule has 1 saturated carbocycles. The van der Waals surface area contributed by atoms with Crippen molar-refractivity contribution in [1.82, 2.24) is 4.31 Å². The first-order chi connectivity index (χ1) is 6.76. The Morgan fingerprint density at radius 3 is 2.13 bits per heavy atom. The molecule has 0 spiro atoms. The maximum absolute atomic E-state index is 11.7. The van der Waals surface area contributed by atoms with Crippen LogP contribution in [0.2, 0.25) is 0 Å². The van der Waals surface area contributed by atoms with Crippen molar-refractivity contribution in [3.63, 3.8) is 0 Å². The zero-order valence-electron chi connectivity index (χ0n) is 8.59. The molecule has 1 rings (SSSR count). The third-order valence-corrected chi connectivity index (χ3v) is 6.12. The molecule has 2 N–H and O–H groups in total. The summed E-state index contributed by atoms with van der Waals surface area (Å²) in [7, 11) is -7.23. The molecule has 1 aliphatic carbocycles. The number of sulfone groups is 1. The largest absolute Gasteiger partial charge is 0.329 e. The van der Waals surface area contributed by atoms with E-state index in [1.54, 1.807) is 0 Å². The zero-order valence-corrected chi connectivity index (χ0v) is 10.2. The quantitative estimate of drug-likeness (QED) is 0.640. The van der Waals surface area contributed by atoms with Crippen molar-refractivity contribution in [2.45, 2.75) is 18.9 Å². The van der Waals surface area contributed by atoms with E-state index in [-0.39, 0.29) is 19.1 Å². The van der Waals surface area contributed by atoms with Gasteiger partial charge in [-0.25, -0.2) is 16.8 Å². The highest BCUT2D eigenvalue weighted by Crippen LogP contribution is 2.29. The summed E-state index contributed by atoms with van der Waals surface area (Å²) >= 11 is 0. The Morgan fingerprint density at radius 2 is 1.80 bits per heavy atom. The van der Waals surface area contributed by atoms with Crippen LogP contribution in [0.5, 0.6) is 0 Å². The minimum atomic E-state index is -3.71. The highest BCUT2D eigenvalue weighted by Gasteiger charge is 2.37. The Labute approximate surface area is 90.4 Å². The van der Waals surface area contributed by atoms with Crippen LogP contribution in [-0.2, 0) is 19.9 Å². The predicted molar refractivity (Wildman–Crippen MR) is 57.4 cm³/mol. The van der Waals surface area contributed by atoms with E-state index in [4.69, 9.17) is 5.73 Å². The first-order valence-electron chi connectivity index (χ1n) is 4.63. The van der Waals surface area contributed by atoms with Gasteiger partial charge in [0.15, 0.2) is 14.9 Å². The first kappa shape index (κ1) is 12.9. The van der Waals surface area contributed by atoms with Crippen molar-refractivity contribution in [3.8, 4) is 0 Å². The van der Waals surface area contributed by atoms with Crippen LogP contribution in [0.15, 0.2) is 0 Å². The summed E-state index contributed by atoms with van der Waals surface area (Å²) in [5.74, 6) is 0. The third-order valence-electron chi connectivity index (χ3n) is 2.02. The van der Waals surface area contributed by atoms with E-state index in [0.717, 1.165) is 19.1 Å². The average molecular weight is 256 g/mol. The number of hydrogen-bond acceptors (Lipinski definition) is 5. The molecule has 15 heavy (non-hydrogen) atoms. The molecule has 1 fully saturated rings. The monoisotopic (exact) mass is 256 g/mol. The molecule has 90 valence electrons. The Hall–Kier alpha value is -0.180. The molecule has 0 unspecified atom stereocenters. The van der Waals surface area contributed by atoms with Crippen molar-refractivity contribution >= 4 is 19.9 Å².